The molecule has 7 rings (SSSR count). The molecule has 0 radical (unpaired) electrons. The van der Waals surface area contributed by atoms with Gasteiger partial charge in [-0.3, -0.25) is 15.8 Å². The summed E-state index contributed by atoms with van der Waals surface area (Å²) in [5.74, 6) is 0. The van der Waals surface area contributed by atoms with Crippen LogP contribution in [0.1, 0.15) is 11.1 Å². The van der Waals surface area contributed by atoms with Gasteiger partial charge in [-0.1, -0.05) is 140 Å². The lowest BCUT2D eigenvalue weighted by Crippen LogP contribution is -2.21. The van der Waals surface area contributed by atoms with Crippen LogP contribution in [-0.4, -0.2) is 16.4 Å². The highest BCUT2D eigenvalue weighted by molar-refractivity contribution is 6.69. The van der Waals surface area contributed by atoms with Gasteiger partial charge in [-0.05, 0) is 62.7 Å². The molecule has 0 bridgehead atoms. The molecule has 0 aliphatic heterocycles. The molecule has 0 saturated heterocycles. The molecule has 0 fully saturated rings. The number of nitrogens with zero attached hydrogens (tertiary/aromatic N) is 2. The lowest BCUT2D eigenvalue weighted by Gasteiger charge is -2.20. The minimum atomic E-state index is 0.367. The van der Waals surface area contributed by atoms with Crippen molar-refractivity contribution < 1.29 is 0 Å². The second kappa shape index (κ2) is 12.6. The van der Waals surface area contributed by atoms with Crippen LogP contribution in [0.25, 0.3) is 44.5 Å². The molecule has 6 aromatic rings. The van der Waals surface area contributed by atoms with Crippen molar-refractivity contribution in [2.75, 3.05) is 5.43 Å². The maximum atomic E-state index is 9.34. The van der Waals surface area contributed by atoms with Crippen molar-refractivity contribution in [2.24, 2.45) is 5.10 Å². The number of hydrogen-bond acceptors (Lipinski definition) is 4. The van der Waals surface area contributed by atoms with Gasteiger partial charge in [0.15, 0.2) is 0 Å². The molecule has 45 heavy (non-hydrogen) atoms. The molecular formula is C41H30N4. The number of anilines is 1. The number of benzene rings is 5. The van der Waals surface area contributed by atoms with Crippen LogP contribution in [0.2, 0.25) is 0 Å². The summed E-state index contributed by atoms with van der Waals surface area (Å²) in [4.78, 5) is 4.23. The Hall–Kier alpha value is -6.13. The number of allylic oxidation sites excluding steroid dienone is 4. The topological polar surface area (TPSA) is 61.1 Å². The van der Waals surface area contributed by atoms with Crippen molar-refractivity contribution in [3.63, 3.8) is 0 Å². The Morgan fingerprint density at radius 2 is 0.889 bits per heavy atom. The average Bonchev–Trinajstić information content (AvgIpc) is 3.12. The van der Waals surface area contributed by atoms with Gasteiger partial charge in [0.25, 0.3) is 0 Å². The number of pyridine rings is 1. The molecule has 0 spiro atoms. The zero-order valence-corrected chi connectivity index (χ0v) is 24.6. The van der Waals surface area contributed by atoms with Crippen LogP contribution >= 0.6 is 0 Å². The fourth-order valence-corrected chi connectivity index (χ4v) is 5.52. The SMILES string of the molecule is N=C1C(c2ccc(-c3ccccc3)cc2)=CC=C(c2ccc(-c3ccccc3)cc2)C1=NNc1ccc(-c2cccnc2)cc1. The van der Waals surface area contributed by atoms with Crippen molar-refractivity contribution in [1.82, 2.24) is 4.98 Å². The number of rotatable bonds is 7. The monoisotopic (exact) mass is 578 g/mol. The van der Waals surface area contributed by atoms with E-state index in [0.717, 1.165) is 50.2 Å². The third-order valence-electron chi connectivity index (χ3n) is 7.96. The maximum Gasteiger partial charge on any atom is 0.117 e. The summed E-state index contributed by atoms with van der Waals surface area (Å²) in [5.41, 5.74) is 15.5. The van der Waals surface area contributed by atoms with Crippen LogP contribution < -0.4 is 5.43 Å². The molecule has 1 aliphatic carbocycles. The highest BCUT2D eigenvalue weighted by Gasteiger charge is 2.23. The lowest BCUT2D eigenvalue weighted by atomic mass is 9.86. The van der Waals surface area contributed by atoms with Crippen molar-refractivity contribution in [3.05, 3.63) is 181 Å². The predicted molar refractivity (Wildman–Crippen MR) is 188 cm³/mol. The van der Waals surface area contributed by atoms with Crippen molar-refractivity contribution in [2.45, 2.75) is 0 Å². The molecule has 1 heterocycles. The first-order valence-electron chi connectivity index (χ1n) is 14.9. The van der Waals surface area contributed by atoms with Gasteiger partial charge in [0.05, 0.1) is 11.4 Å². The van der Waals surface area contributed by atoms with Gasteiger partial charge in [-0.25, -0.2) is 0 Å². The molecular weight excluding hydrogens is 548 g/mol. The van der Waals surface area contributed by atoms with Crippen LogP contribution in [0, 0.1) is 5.41 Å². The first-order chi connectivity index (χ1) is 22.2. The third kappa shape index (κ3) is 6.03. The van der Waals surface area contributed by atoms with E-state index in [9.17, 15) is 5.41 Å². The molecule has 1 aromatic heterocycles. The number of hydrogen-bond donors (Lipinski definition) is 2. The van der Waals surface area contributed by atoms with E-state index in [-0.39, 0.29) is 0 Å². The molecule has 0 saturated carbocycles. The summed E-state index contributed by atoms with van der Waals surface area (Å²) in [5, 5.41) is 14.2. The van der Waals surface area contributed by atoms with Crippen LogP contribution in [0.4, 0.5) is 5.69 Å². The first kappa shape index (κ1) is 27.7. The number of aromatic nitrogens is 1. The van der Waals surface area contributed by atoms with E-state index in [1.807, 2.05) is 85.1 Å². The summed E-state index contributed by atoms with van der Waals surface area (Å²) in [7, 11) is 0. The Labute approximate surface area is 263 Å². The van der Waals surface area contributed by atoms with Gasteiger partial charge in [0.2, 0.25) is 0 Å². The fourth-order valence-electron chi connectivity index (χ4n) is 5.52. The predicted octanol–water partition coefficient (Wildman–Crippen LogP) is 10.1. The molecule has 0 unspecified atom stereocenters. The number of hydrazone groups is 1. The number of nitrogens with one attached hydrogen (secondary N) is 2. The van der Waals surface area contributed by atoms with Crippen LogP contribution in [0.15, 0.2) is 175 Å². The average molecular weight is 579 g/mol. The van der Waals surface area contributed by atoms with Gasteiger partial charge in [-0.15, -0.1) is 0 Å². The van der Waals surface area contributed by atoms with E-state index in [4.69, 9.17) is 5.10 Å². The smallest absolute Gasteiger partial charge is 0.117 e. The van der Waals surface area contributed by atoms with Gasteiger partial charge < -0.3 is 0 Å². The van der Waals surface area contributed by atoms with E-state index >= 15 is 0 Å². The minimum Gasteiger partial charge on any atom is -0.298 e. The Kier molecular flexibility index (Phi) is 7.76. The fraction of sp³-hybridized carbons (Fsp3) is 0. The Morgan fingerprint density at radius 3 is 1.44 bits per heavy atom. The van der Waals surface area contributed by atoms with E-state index in [1.54, 1.807) is 6.20 Å². The summed E-state index contributed by atoms with van der Waals surface area (Å²) >= 11 is 0. The molecule has 2 N–H and O–H groups in total. The molecule has 0 atom stereocenters. The zero-order valence-electron chi connectivity index (χ0n) is 24.6. The summed E-state index contributed by atoms with van der Waals surface area (Å²) in [6.45, 7) is 0. The van der Waals surface area contributed by atoms with E-state index < -0.39 is 0 Å². The summed E-state index contributed by atoms with van der Waals surface area (Å²) in [6, 6.07) is 49.6. The minimum absolute atomic E-state index is 0.367. The Balaban J connectivity index is 1.22. The van der Waals surface area contributed by atoms with Gasteiger partial charge in [0.1, 0.15) is 5.71 Å². The third-order valence-corrected chi connectivity index (χ3v) is 7.96. The zero-order chi connectivity index (χ0) is 30.4. The van der Waals surface area contributed by atoms with Gasteiger partial charge >= 0.3 is 0 Å². The molecule has 1 aliphatic rings. The highest BCUT2D eigenvalue weighted by atomic mass is 15.3. The molecule has 4 heteroatoms. The lowest BCUT2D eigenvalue weighted by molar-refractivity contribution is 1.32. The molecule has 4 nitrogen and oxygen atoms in total. The van der Waals surface area contributed by atoms with Gasteiger partial charge in [0, 0.05) is 23.5 Å². The first-order valence-corrected chi connectivity index (χ1v) is 14.9. The molecule has 0 amide bonds. The largest absolute Gasteiger partial charge is 0.298 e. The summed E-state index contributed by atoms with van der Waals surface area (Å²) in [6.07, 6.45) is 7.73. The second-order valence-corrected chi connectivity index (χ2v) is 10.8. The molecule has 214 valence electrons. The van der Waals surface area contributed by atoms with E-state index in [2.05, 4.69) is 89.3 Å². The Morgan fingerprint density at radius 1 is 0.444 bits per heavy atom. The quantitative estimate of drug-likeness (QED) is 0.146. The van der Waals surface area contributed by atoms with Crippen molar-refractivity contribution >= 4 is 28.3 Å². The van der Waals surface area contributed by atoms with Crippen LogP contribution in [-0.2, 0) is 0 Å². The van der Waals surface area contributed by atoms with Crippen molar-refractivity contribution in [1.29, 1.82) is 5.41 Å². The molecule has 5 aromatic carbocycles. The Bertz CT molecular complexity index is 2020. The maximum absolute atomic E-state index is 9.34. The van der Waals surface area contributed by atoms with Crippen LogP contribution in [0.5, 0.6) is 0 Å². The van der Waals surface area contributed by atoms with Gasteiger partial charge in [-0.2, -0.15) is 5.10 Å². The summed E-state index contributed by atoms with van der Waals surface area (Å²) < 4.78 is 0. The second-order valence-electron chi connectivity index (χ2n) is 10.8. The normalized spacial score (nSPS) is 13.7. The highest BCUT2D eigenvalue weighted by Crippen LogP contribution is 2.31. The van der Waals surface area contributed by atoms with Crippen LogP contribution in [0.3, 0.4) is 0 Å². The van der Waals surface area contributed by atoms with E-state index in [1.165, 1.54) is 11.1 Å². The van der Waals surface area contributed by atoms with Crippen molar-refractivity contribution in [3.8, 4) is 33.4 Å². The van der Waals surface area contributed by atoms with E-state index in [0.29, 0.717) is 11.4 Å². The standard InChI is InChI=1S/C41H30N4/c42-40-38(34-17-13-31(14-18-34)29-8-3-1-4-9-29)25-26-39(35-19-15-32(16-20-35)30-10-5-2-6-11-30)41(40)45-44-37-23-21-33(22-24-37)36-12-7-27-43-28-36/h1-28,42,44H.